The summed E-state index contributed by atoms with van der Waals surface area (Å²) in [7, 11) is 1.80. The van der Waals surface area contributed by atoms with Crippen LogP contribution in [0.3, 0.4) is 0 Å². The highest BCUT2D eigenvalue weighted by molar-refractivity contribution is 7.98. The van der Waals surface area contributed by atoms with Gasteiger partial charge in [0.15, 0.2) is 5.82 Å². The molecule has 0 aliphatic rings. The third-order valence-electron chi connectivity index (χ3n) is 3.51. The number of nitrogens with one attached hydrogen (secondary N) is 1. The van der Waals surface area contributed by atoms with E-state index in [4.69, 9.17) is 4.52 Å². The summed E-state index contributed by atoms with van der Waals surface area (Å²) in [6.45, 7) is 3.78. The number of anilines is 1. The van der Waals surface area contributed by atoms with Gasteiger partial charge in [0.25, 0.3) is 5.91 Å². The van der Waals surface area contributed by atoms with Crippen LogP contribution in [0.4, 0.5) is 5.82 Å². The SMILES string of the molecule is Cc1noc(C)c1CSc1ncccc1C(=O)Nc1ccn(C)n1. The maximum atomic E-state index is 12.5. The van der Waals surface area contributed by atoms with Crippen LogP contribution in [0.15, 0.2) is 40.1 Å². The molecule has 0 saturated heterocycles. The van der Waals surface area contributed by atoms with Crippen molar-refractivity contribution in [1.29, 1.82) is 0 Å². The average molecular weight is 343 g/mol. The maximum absolute atomic E-state index is 12.5. The molecular weight excluding hydrogens is 326 g/mol. The minimum atomic E-state index is -0.233. The fourth-order valence-corrected chi connectivity index (χ4v) is 3.34. The van der Waals surface area contributed by atoms with Gasteiger partial charge < -0.3 is 9.84 Å². The van der Waals surface area contributed by atoms with Crippen LogP contribution in [0.2, 0.25) is 0 Å². The highest BCUT2D eigenvalue weighted by Crippen LogP contribution is 2.27. The normalized spacial score (nSPS) is 10.8. The van der Waals surface area contributed by atoms with Crippen molar-refractivity contribution in [2.45, 2.75) is 24.6 Å². The number of hydrogen-bond donors (Lipinski definition) is 1. The molecule has 3 heterocycles. The standard InChI is InChI=1S/C16H17N5O2S/c1-10-13(11(2)23-20-10)9-24-16-12(5-4-7-17-16)15(22)18-14-6-8-21(3)19-14/h4-8H,9H2,1-3H3,(H,18,19,22). The molecule has 0 radical (unpaired) electrons. The predicted octanol–water partition coefficient (Wildman–Crippen LogP) is 2.96. The molecule has 7 nitrogen and oxygen atoms in total. The quantitative estimate of drug-likeness (QED) is 0.717. The monoisotopic (exact) mass is 343 g/mol. The zero-order chi connectivity index (χ0) is 17.1. The molecule has 0 saturated carbocycles. The third-order valence-corrected chi connectivity index (χ3v) is 4.54. The molecule has 24 heavy (non-hydrogen) atoms. The van der Waals surface area contributed by atoms with Crippen molar-refractivity contribution in [2.24, 2.45) is 7.05 Å². The molecule has 3 aromatic rings. The van der Waals surface area contributed by atoms with Gasteiger partial charge >= 0.3 is 0 Å². The molecule has 3 rings (SSSR count). The third kappa shape index (κ3) is 3.48. The van der Waals surface area contributed by atoms with E-state index in [1.54, 1.807) is 42.3 Å². The summed E-state index contributed by atoms with van der Waals surface area (Å²) in [5, 5.41) is 11.5. The van der Waals surface area contributed by atoms with Crippen molar-refractivity contribution in [1.82, 2.24) is 19.9 Å². The Hall–Kier alpha value is -2.61. The van der Waals surface area contributed by atoms with E-state index in [0.29, 0.717) is 22.2 Å². The Morgan fingerprint density at radius 3 is 2.88 bits per heavy atom. The van der Waals surface area contributed by atoms with Crippen molar-refractivity contribution in [2.75, 3.05) is 5.32 Å². The van der Waals surface area contributed by atoms with Gasteiger partial charge in [0.2, 0.25) is 0 Å². The summed E-state index contributed by atoms with van der Waals surface area (Å²) in [6, 6.07) is 5.24. The summed E-state index contributed by atoms with van der Waals surface area (Å²) in [6.07, 6.45) is 3.44. The topological polar surface area (TPSA) is 85.8 Å². The van der Waals surface area contributed by atoms with Crippen molar-refractivity contribution in [3.8, 4) is 0 Å². The highest BCUT2D eigenvalue weighted by atomic mass is 32.2. The van der Waals surface area contributed by atoms with Gasteiger partial charge in [-0.05, 0) is 26.0 Å². The molecule has 0 spiro atoms. The Bertz CT molecular complexity index is 851. The number of carbonyl (C=O) groups excluding carboxylic acids is 1. The molecule has 1 N–H and O–H groups in total. The number of pyridine rings is 1. The van der Waals surface area contributed by atoms with E-state index < -0.39 is 0 Å². The van der Waals surface area contributed by atoms with E-state index in [-0.39, 0.29) is 5.91 Å². The van der Waals surface area contributed by atoms with E-state index in [1.165, 1.54) is 11.8 Å². The van der Waals surface area contributed by atoms with Gasteiger partial charge in [-0.1, -0.05) is 5.16 Å². The fourth-order valence-electron chi connectivity index (χ4n) is 2.19. The van der Waals surface area contributed by atoms with Gasteiger partial charge in [-0.15, -0.1) is 11.8 Å². The average Bonchev–Trinajstić information content (AvgIpc) is 3.11. The number of carbonyl (C=O) groups is 1. The number of amides is 1. The van der Waals surface area contributed by atoms with Gasteiger partial charge in [0.1, 0.15) is 10.8 Å². The van der Waals surface area contributed by atoms with Gasteiger partial charge in [-0.2, -0.15) is 5.10 Å². The second-order valence-corrected chi connectivity index (χ2v) is 6.24. The molecule has 0 atom stereocenters. The van der Waals surface area contributed by atoms with Gasteiger partial charge in [-0.25, -0.2) is 4.98 Å². The van der Waals surface area contributed by atoms with Crippen LogP contribution in [-0.4, -0.2) is 25.8 Å². The number of aryl methyl sites for hydroxylation is 3. The number of aromatic nitrogens is 4. The molecule has 0 aromatic carbocycles. The molecule has 0 fully saturated rings. The van der Waals surface area contributed by atoms with Crippen LogP contribution < -0.4 is 5.32 Å². The first-order valence-corrected chi connectivity index (χ1v) is 8.33. The minimum Gasteiger partial charge on any atom is -0.361 e. The van der Waals surface area contributed by atoms with Crippen molar-refractivity contribution < 1.29 is 9.32 Å². The molecular formula is C16H17N5O2S. The Kier molecular flexibility index (Phi) is 4.66. The van der Waals surface area contributed by atoms with Gasteiger partial charge in [0.05, 0.1) is 11.3 Å². The van der Waals surface area contributed by atoms with Crippen LogP contribution in [0.25, 0.3) is 0 Å². The molecule has 0 unspecified atom stereocenters. The van der Waals surface area contributed by atoms with E-state index in [2.05, 4.69) is 20.6 Å². The van der Waals surface area contributed by atoms with Gasteiger partial charge in [0, 0.05) is 36.8 Å². The largest absolute Gasteiger partial charge is 0.361 e. The Labute approximate surface area is 143 Å². The highest BCUT2D eigenvalue weighted by Gasteiger charge is 2.16. The van der Waals surface area contributed by atoms with Crippen LogP contribution in [0.5, 0.6) is 0 Å². The first kappa shape index (κ1) is 16.3. The molecule has 0 aliphatic carbocycles. The molecule has 124 valence electrons. The lowest BCUT2D eigenvalue weighted by Gasteiger charge is -2.07. The first-order valence-electron chi connectivity index (χ1n) is 7.35. The number of rotatable bonds is 5. The lowest BCUT2D eigenvalue weighted by Crippen LogP contribution is -2.14. The van der Waals surface area contributed by atoms with E-state index >= 15 is 0 Å². The summed E-state index contributed by atoms with van der Waals surface area (Å²) >= 11 is 1.48. The summed E-state index contributed by atoms with van der Waals surface area (Å²) in [5.41, 5.74) is 2.40. The molecule has 0 aliphatic heterocycles. The molecule has 1 amide bonds. The summed E-state index contributed by atoms with van der Waals surface area (Å²) in [4.78, 5) is 16.8. The lowest BCUT2D eigenvalue weighted by atomic mass is 10.2. The van der Waals surface area contributed by atoms with Crippen molar-refractivity contribution in [3.63, 3.8) is 0 Å². The molecule has 8 heteroatoms. The smallest absolute Gasteiger partial charge is 0.259 e. The maximum Gasteiger partial charge on any atom is 0.259 e. The Morgan fingerprint density at radius 2 is 2.21 bits per heavy atom. The summed E-state index contributed by atoms with van der Waals surface area (Å²) < 4.78 is 6.80. The van der Waals surface area contributed by atoms with Crippen molar-refractivity contribution in [3.05, 3.63) is 53.2 Å². The zero-order valence-corrected chi connectivity index (χ0v) is 14.4. The van der Waals surface area contributed by atoms with Crippen LogP contribution in [0, 0.1) is 13.8 Å². The van der Waals surface area contributed by atoms with Crippen LogP contribution in [-0.2, 0) is 12.8 Å². The predicted molar refractivity (Wildman–Crippen MR) is 90.9 cm³/mol. The first-order chi connectivity index (χ1) is 11.5. The second kappa shape index (κ2) is 6.88. The summed E-state index contributed by atoms with van der Waals surface area (Å²) in [5.74, 6) is 1.70. The number of hydrogen-bond acceptors (Lipinski definition) is 6. The van der Waals surface area contributed by atoms with Crippen molar-refractivity contribution >= 4 is 23.5 Å². The lowest BCUT2D eigenvalue weighted by molar-refractivity contribution is 0.102. The zero-order valence-electron chi connectivity index (χ0n) is 13.6. The number of thioether (sulfide) groups is 1. The van der Waals surface area contributed by atoms with Crippen LogP contribution in [0.1, 0.15) is 27.4 Å². The Balaban J connectivity index is 1.76. The Morgan fingerprint density at radius 1 is 1.38 bits per heavy atom. The fraction of sp³-hybridized carbons (Fsp3) is 0.250. The second-order valence-electron chi connectivity index (χ2n) is 5.28. The van der Waals surface area contributed by atoms with E-state index in [1.807, 2.05) is 13.8 Å². The van der Waals surface area contributed by atoms with Crippen LogP contribution >= 0.6 is 11.8 Å². The van der Waals surface area contributed by atoms with E-state index in [9.17, 15) is 4.79 Å². The molecule has 0 bridgehead atoms. The minimum absolute atomic E-state index is 0.233. The van der Waals surface area contributed by atoms with Gasteiger partial charge in [-0.3, -0.25) is 9.48 Å². The molecule has 3 aromatic heterocycles. The number of nitrogens with zero attached hydrogens (tertiary/aromatic N) is 4. The van der Waals surface area contributed by atoms with E-state index in [0.717, 1.165) is 17.0 Å².